The Balaban J connectivity index is 1.95. The molecule has 2 rings (SSSR count). The van der Waals surface area contributed by atoms with Gasteiger partial charge in [-0.05, 0) is 31.0 Å². The van der Waals surface area contributed by atoms with Crippen LogP contribution in [0.4, 0.5) is 10.1 Å². The maximum Gasteiger partial charge on any atom is 0.127 e. The lowest BCUT2D eigenvalue weighted by Crippen LogP contribution is -2.18. The summed E-state index contributed by atoms with van der Waals surface area (Å²) >= 11 is 3.25. The van der Waals surface area contributed by atoms with E-state index in [2.05, 4.69) is 26.3 Å². The van der Waals surface area contributed by atoms with Crippen LogP contribution in [0.3, 0.4) is 0 Å². The van der Waals surface area contributed by atoms with Crippen LogP contribution in [0.25, 0.3) is 0 Å². The summed E-state index contributed by atoms with van der Waals surface area (Å²) < 4.78 is 16.2. The van der Waals surface area contributed by atoms with Crippen LogP contribution < -0.4 is 5.32 Å². The van der Waals surface area contributed by atoms with Gasteiger partial charge < -0.3 is 10.4 Å². The van der Waals surface area contributed by atoms with E-state index >= 15 is 0 Å². The van der Waals surface area contributed by atoms with Gasteiger partial charge >= 0.3 is 0 Å². The average molecular weight is 342 g/mol. The van der Waals surface area contributed by atoms with E-state index < -0.39 is 0 Å². The van der Waals surface area contributed by atoms with Crippen LogP contribution >= 0.6 is 15.9 Å². The molecule has 20 heavy (non-hydrogen) atoms. The van der Waals surface area contributed by atoms with Gasteiger partial charge in [0.25, 0.3) is 0 Å². The molecule has 1 aromatic carbocycles. The van der Waals surface area contributed by atoms with Gasteiger partial charge in [0.05, 0.1) is 25.0 Å². The second-order valence-corrected chi connectivity index (χ2v) is 5.62. The van der Waals surface area contributed by atoms with E-state index in [0.29, 0.717) is 18.5 Å². The number of aliphatic hydroxyl groups excluding tert-OH is 1. The van der Waals surface area contributed by atoms with Crippen LogP contribution in [-0.2, 0) is 13.0 Å². The standard InChI is InChI=1S/C14H17BrFN3O/c1-10(6-11-2-3-12(15)7-14(11)16)18-13-8-17-19(9-13)4-5-20/h2-3,7-10,18,20H,4-6H2,1H3. The van der Waals surface area contributed by atoms with Gasteiger partial charge in [0.2, 0.25) is 0 Å². The highest BCUT2D eigenvalue weighted by Crippen LogP contribution is 2.17. The van der Waals surface area contributed by atoms with Crippen molar-refractivity contribution in [2.75, 3.05) is 11.9 Å². The molecule has 0 saturated heterocycles. The molecule has 2 aromatic rings. The second-order valence-electron chi connectivity index (χ2n) is 4.70. The summed E-state index contributed by atoms with van der Waals surface area (Å²) in [4.78, 5) is 0. The maximum absolute atomic E-state index is 13.8. The van der Waals surface area contributed by atoms with Crippen molar-refractivity contribution in [1.29, 1.82) is 0 Å². The first-order valence-corrected chi connectivity index (χ1v) is 7.21. The Morgan fingerprint density at radius 3 is 3.00 bits per heavy atom. The topological polar surface area (TPSA) is 50.1 Å². The largest absolute Gasteiger partial charge is 0.394 e. The van der Waals surface area contributed by atoms with Crippen molar-refractivity contribution >= 4 is 21.6 Å². The Morgan fingerprint density at radius 1 is 1.50 bits per heavy atom. The highest BCUT2D eigenvalue weighted by atomic mass is 79.9. The summed E-state index contributed by atoms with van der Waals surface area (Å²) in [6.07, 6.45) is 4.11. The smallest absolute Gasteiger partial charge is 0.127 e. The van der Waals surface area contributed by atoms with E-state index in [9.17, 15) is 4.39 Å². The minimum Gasteiger partial charge on any atom is -0.394 e. The number of aliphatic hydroxyl groups is 1. The van der Waals surface area contributed by atoms with Crippen molar-refractivity contribution < 1.29 is 9.50 Å². The monoisotopic (exact) mass is 341 g/mol. The highest BCUT2D eigenvalue weighted by Gasteiger charge is 2.09. The lowest BCUT2D eigenvalue weighted by molar-refractivity contribution is 0.269. The van der Waals surface area contributed by atoms with E-state index in [1.54, 1.807) is 16.9 Å². The number of rotatable bonds is 6. The fourth-order valence-corrected chi connectivity index (χ4v) is 2.35. The number of aromatic nitrogens is 2. The molecule has 0 spiro atoms. The number of nitrogens with one attached hydrogen (secondary N) is 1. The molecule has 0 aliphatic heterocycles. The molecule has 0 fully saturated rings. The van der Waals surface area contributed by atoms with Crippen LogP contribution in [-0.4, -0.2) is 27.5 Å². The first-order chi connectivity index (χ1) is 9.58. The Kier molecular flexibility index (Phi) is 5.14. The zero-order chi connectivity index (χ0) is 14.5. The fourth-order valence-electron chi connectivity index (χ4n) is 2.02. The van der Waals surface area contributed by atoms with Crippen molar-refractivity contribution in [3.63, 3.8) is 0 Å². The summed E-state index contributed by atoms with van der Waals surface area (Å²) in [5, 5.41) is 16.2. The molecule has 1 unspecified atom stereocenters. The normalized spacial score (nSPS) is 12.4. The molecule has 1 atom stereocenters. The fraction of sp³-hybridized carbons (Fsp3) is 0.357. The quantitative estimate of drug-likeness (QED) is 0.849. The summed E-state index contributed by atoms with van der Waals surface area (Å²) in [5.41, 5.74) is 1.54. The molecule has 2 N–H and O–H groups in total. The van der Waals surface area contributed by atoms with Gasteiger partial charge in [-0.1, -0.05) is 22.0 Å². The third-order valence-corrected chi connectivity index (χ3v) is 3.41. The summed E-state index contributed by atoms with van der Waals surface area (Å²) in [6, 6.07) is 5.18. The van der Waals surface area contributed by atoms with Gasteiger partial charge in [0.1, 0.15) is 5.82 Å². The molecular formula is C14H17BrFN3O. The molecule has 0 amide bonds. The maximum atomic E-state index is 13.8. The Morgan fingerprint density at radius 2 is 2.30 bits per heavy atom. The average Bonchev–Trinajstić information content (AvgIpc) is 2.81. The SMILES string of the molecule is CC(Cc1ccc(Br)cc1F)Nc1cnn(CCO)c1. The molecule has 0 saturated carbocycles. The van der Waals surface area contributed by atoms with Gasteiger partial charge in [0.15, 0.2) is 0 Å². The summed E-state index contributed by atoms with van der Waals surface area (Å²) in [6.45, 7) is 2.52. The van der Waals surface area contributed by atoms with Gasteiger partial charge in [-0.15, -0.1) is 0 Å². The van der Waals surface area contributed by atoms with Crippen molar-refractivity contribution in [3.8, 4) is 0 Å². The van der Waals surface area contributed by atoms with Crippen molar-refractivity contribution in [3.05, 3.63) is 46.4 Å². The van der Waals surface area contributed by atoms with E-state index in [4.69, 9.17) is 5.11 Å². The highest BCUT2D eigenvalue weighted by molar-refractivity contribution is 9.10. The van der Waals surface area contributed by atoms with E-state index in [0.717, 1.165) is 10.2 Å². The number of anilines is 1. The molecule has 1 aromatic heterocycles. The zero-order valence-corrected chi connectivity index (χ0v) is 12.8. The van der Waals surface area contributed by atoms with Crippen molar-refractivity contribution in [2.24, 2.45) is 0 Å². The molecule has 0 bridgehead atoms. The van der Waals surface area contributed by atoms with E-state index in [1.165, 1.54) is 6.07 Å². The number of nitrogens with zero attached hydrogens (tertiary/aromatic N) is 2. The first kappa shape index (κ1) is 15.0. The lowest BCUT2D eigenvalue weighted by Gasteiger charge is -2.14. The van der Waals surface area contributed by atoms with Gasteiger partial charge in [-0.2, -0.15) is 5.10 Å². The van der Waals surface area contributed by atoms with Crippen LogP contribution in [0.2, 0.25) is 0 Å². The molecule has 6 heteroatoms. The zero-order valence-electron chi connectivity index (χ0n) is 11.2. The predicted octanol–water partition coefficient (Wildman–Crippen LogP) is 2.82. The third-order valence-electron chi connectivity index (χ3n) is 2.92. The van der Waals surface area contributed by atoms with Crippen molar-refractivity contribution in [1.82, 2.24) is 9.78 Å². The lowest BCUT2D eigenvalue weighted by atomic mass is 10.1. The second kappa shape index (κ2) is 6.85. The Bertz CT molecular complexity index is 573. The third kappa shape index (κ3) is 4.05. The van der Waals surface area contributed by atoms with Crippen LogP contribution in [0.1, 0.15) is 12.5 Å². The summed E-state index contributed by atoms with van der Waals surface area (Å²) in [7, 11) is 0. The molecule has 0 radical (unpaired) electrons. The van der Waals surface area contributed by atoms with Crippen LogP contribution in [0.5, 0.6) is 0 Å². The summed E-state index contributed by atoms with van der Waals surface area (Å²) in [5.74, 6) is -0.205. The van der Waals surface area contributed by atoms with Crippen LogP contribution in [0.15, 0.2) is 35.1 Å². The van der Waals surface area contributed by atoms with Gasteiger partial charge in [0, 0.05) is 16.7 Å². The molecular weight excluding hydrogens is 325 g/mol. The number of benzene rings is 1. The predicted molar refractivity (Wildman–Crippen MR) is 80.2 cm³/mol. The van der Waals surface area contributed by atoms with Crippen LogP contribution in [0, 0.1) is 5.82 Å². The van der Waals surface area contributed by atoms with Crippen molar-refractivity contribution in [2.45, 2.75) is 25.9 Å². The van der Waals surface area contributed by atoms with E-state index in [1.807, 2.05) is 19.2 Å². The minimum atomic E-state index is -0.205. The number of hydrogen-bond acceptors (Lipinski definition) is 3. The first-order valence-electron chi connectivity index (χ1n) is 6.42. The number of halogens is 2. The molecule has 1 heterocycles. The minimum absolute atomic E-state index is 0.0563. The Hall–Kier alpha value is -1.40. The van der Waals surface area contributed by atoms with Gasteiger partial charge in [-0.3, -0.25) is 4.68 Å². The number of hydrogen-bond donors (Lipinski definition) is 2. The molecule has 0 aliphatic rings. The van der Waals surface area contributed by atoms with E-state index in [-0.39, 0.29) is 18.5 Å². The Labute approximate surface area is 125 Å². The van der Waals surface area contributed by atoms with Gasteiger partial charge in [-0.25, -0.2) is 4.39 Å². The molecule has 108 valence electrons. The molecule has 0 aliphatic carbocycles. The molecule has 4 nitrogen and oxygen atoms in total.